The Morgan fingerprint density at radius 1 is 1.03 bits per heavy atom. The molecule has 1 aromatic heterocycles. The molecule has 0 radical (unpaired) electrons. The number of aromatic nitrogens is 1. The zero-order valence-corrected chi connectivity index (χ0v) is 17.7. The molecule has 0 aliphatic carbocycles. The van der Waals surface area contributed by atoms with Crippen LogP contribution in [0.2, 0.25) is 0 Å². The van der Waals surface area contributed by atoms with Gasteiger partial charge in [0.15, 0.2) is 0 Å². The average Bonchev–Trinajstić information content (AvgIpc) is 2.72. The van der Waals surface area contributed by atoms with Crippen molar-refractivity contribution in [3.63, 3.8) is 0 Å². The third kappa shape index (κ3) is 5.98. The Morgan fingerprint density at radius 3 is 2.21 bits per heavy atom. The van der Waals surface area contributed by atoms with E-state index in [2.05, 4.69) is 10.3 Å². The molecule has 1 amide bonds. The van der Waals surface area contributed by atoms with Gasteiger partial charge in [0.25, 0.3) is 0 Å². The Kier molecular flexibility index (Phi) is 8.10. The van der Waals surface area contributed by atoms with E-state index in [9.17, 15) is 17.6 Å². The van der Waals surface area contributed by atoms with E-state index in [1.807, 2.05) is 6.92 Å². The minimum Gasteiger partial charge on any atom is -0.350 e. The molecule has 1 aromatic carbocycles. The number of rotatable bonds is 10. The molecule has 1 heterocycles. The van der Waals surface area contributed by atoms with Crippen molar-refractivity contribution in [2.24, 2.45) is 0 Å². The number of sulfonamides is 1. The fourth-order valence-electron chi connectivity index (χ4n) is 2.81. The van der Waals surface area contributed by atoms with E-state index in [4.69, 9.17) is 0 Å². The van der Waals surface area contributed by atoms with Crippen molar-refractivity contribution in [3.8, 4) is 0 Å². The molecular weight excluding hydrogens is 395 g/mol. The standard InChI is InChI=1S/C20H27FN4O3S/c1-4-24(15-20(26)23-13-16-7-9-17(21)10-8-16)19-12-11-18(14-22-19)29(27,28)25(5-2)6-3/h7-12,14H,4-6,13,15H2,1-3H3,(H,23,26). The molecule has 2 rings (SSSR count). The SMILES string of the molecule is CCN(CC(=O)NCc1ccc(F)cc1)c1ccc(S(=O)(=O)N(CC)CC)cn1. The van der Waals surface area contributed by atoms with Crippen LogP contribution in [-0.4, -0.2) is 49.8 Å². The molecule has 0 fully saturated rings. The number of likely N-dealkylation sites (N-methyl/N-ethyl adjacent to an activating group) is 1. The summed E-state index contributed by atoms with van der Waals surface area (Å²) in [7, 11) is -3.57. The number of nitrogens with zero attached hydrogens (tertiary/aromatic N) is 3. The number of pyridine rings is 1. The van der Waals surface area contributed by atoms with Crippen LogP contribution in [0.5, 0.6) is 0 Å². The Morgan fingerprint density at radius 2 is 1.69 bits per heavy atom. The van der Waals surface area contributed by atoms with Gasteiger partial charge in [-0.3, -0.25) is 4.79 Å². The summed E-state index contributed by atoms with van der Waals surface area (Å²) in [6.07, 6.45) is 1.32. The van der Waals surface area contributed by atoms with Crippen molar-refractivity contribution >= 4 is 21.7 Å². The average molecular weight is 423 g/mol. The molecule has 9 heteroatoms. The summed E-state index contributed by atoms with van der Waals surface area (Å²) in [5.74, 6) is -0.0180. The van der Waals surface area contributed by atoms with Gasteiger partial charge in [-0.05, 0) is 36.8 Å². The van der Waals surface area contributed by atoms with Crippen molar-refractivity contribution in [2.45, 2.75) is 32.2 Å². The second-order valence-corrected chi connectivity index (χ2v) is 8.30. The lowest BCUT2D eigenvalue weighted by atomic mass is 10.2. The van der Waals surface area contributed by atoms with Crippen LogP contribution >= 0.6 is 0 Å². The quantitative estimate of drug-likeness (QED) is 0.636. The summed E-state index contributed by atoms with van der Waals surface area (Å²) >= 11 is 0. The first-order valence-corrected chi connectivity index (χ1v) is 11.0. The van der Waals surface area contributed by atoms with Gasteiger partial charge in [0.05, 0.1) is 6.54 Å². The minimum absolute atomic E-state index is 0.0762. The van der Waals surface area contributed by atoms with Gasteiger partial charge in [-0.15, -0.1) is 0 Å². The largest absolute Gasteiger partial charge is 0.350 e. The van der Waals surface area contributed by atoms with Gasteiger partial charge in [0, 0.05) is 32.4 Å². The second-order valence-electron chi connectivity index (χ2n) is 6.36. The highest BCUT2D eigenvalue weighted by molar-refractivity contribution is 7.89. The molecule has 2 aromatic rings. The van der Waals surface area contributed by atoms with Crippen molar-refractivity contribution in [1.82, 2.24) is 14.6 Å². The summed E-state index contributed by atoms with van der Waals surface area (Å²) in [6, 6.07) is 9.03. The summed E-state index contributed by atoms with van der Waals surface area (Å²) in [5, 5.41) is 2.79. The number of benzene rings is 1. The molecule has 158 valence electrons. The first kappa shape index (κ1) is 22.8. The van der Waals surface area contributed by atoms with Gasteiger partial charge in [-0.25, -0.2) is 17.8 Å². The number of hydrogen-bond acceptors (Lipinski definition) is 5. The Labute approximate surface area is 171 Å². The van der Waals surface area contributed by atoms with Crippen LogP contribution in [0.25, 0.3) is 0 Å². The summed E-state index contributed by atoms with van der Waals surface area (Å²) in [5.41, 5.74) is 0.798. The number of halogens is 1. The molecule has 1 N–H and O–H groups in total. The first-order chi connectivity index (χ1) is 13.8. The Balaban J connectivity index is 2.02. The molecule has 7 nitrogen and oxygen atoms in total. The van der Waals surface area contributed by atoms with Crippen LogP contribution in [-0.2, 0) is 21.4 Å². The smallest absolute Gasteiger partial charge is 0.244 e. The van der Waals surface area contributed by atoms with Gasteiger partial charge in [0.2, 0.25) is 15.9 Å². The molecule has 0 unspecified atom stereocenters. The van der Waals surface area contributed by atoms with E-state index >= 15 is 0 Å². The van der Waals surface area contributed by atoms with Crippen molar-refractivity contribution in [2.75, 3.05) is 31.1 Å². The zero-order valence-electron chi connectivity index (χ0n) is 16.9. The Hall–Kier alpha value is -2.52. The van der Waals surface area contributed by atoms with Crippen LogP contribution in [0, 0.1) is 5.82 Å². The lowest BCUT2D eigenvalue weighted by Gasteiger charge is -2.22. The van der Waals surface area contributed by atoms with E-state index in [0.29, 0.717) is 32.0 Å². The molecule has 0 bridgehead atoms. The molecular formula is C20H27FN4O3S. The van der Waals surface area contributed by atoms with Crippen LogP contribution in [0.1, 0.15) is 26.3 Å². The van der Waals surface area contributed by atoms with Gasteiger partial charge in [-0.2, -0.15) is 4.31 Å². The highest BCUT2D eigenvalue weighted by Crippen LogP contribution is 2.18. The van der Waals surface area contributed by atoms with E-state index in [0.717, 1.165) is 5.56 Å². The minimum atomic E-state index is -3.57. The second kappa shape index (κ2) is 10.3. The summed E-state index contributed by atoms with van der Waals surface area (Å²) < 4.78 is 39.4. The van der Waals surface area contributed by atoms with E-state index < -0.39 is 10.0 Å². The highest BCUT2D eigenvalue weighted by atomic mass is 32.2. The molecule has 0 aliphatic rings. The van der Waals surface area contributed by atoms with Gasteiger partial charge >= 0.3 is 0 Å². The molecule has 29 heavy (non-hydrogen) atoms. The summed E-state index contributed by atoms with van der Waals surface area (Å²) in [4.78, 5) is 18.4. The third-order valence-corrected chi connectivity index (χ3v) is 6.54. The normalized spacial score (nSPS) is 11.5. The van der Waals surface area contributed by atoms with E-state index in [1.165, 1.54) is 28.7 Å². The Bertz CT molecular complexity index is 898. The maximum atomic E-state index is 12.9. The third-order valence-electron chi connectivity index (χ3n) is 4.51. The van der Waals surface area contributed by atoms with Gasteiger partial charge < -0.3 is 10.2 Å². The maximum absolute atomic E-state index is 12.9. The molecule has 0 spiro atoms. The van der Waals surface area contributed by atoms with Crippen LogP contribution in [0.15, 0.2) is 47.5 Å². The zero-order chi connectivity index (χ0) is 21.4. The molecule has 0 aliphatic heterocycles. The van der Waals surface area contributed by atoms with Crippen LogP contribution in [0.3, 0.4) is 0 Å². The molecule has 0 saturated carbocycles. The predicted octanol–water partition coefficient (Wildman–Crippen LogP) is 2.39. The number of carbonyl (C=O) groups excluding carboxylic acids is 1. The fraction of sp³-hybridized carbons (Fsp3) is 0.400. The topological polar surface area (TPSA) is 82.6 Å². The predicted molar refractivity (Wildman–Crippen MR) is 110 cm³/mol. The monoisotopic (exact) mass is 422 g/mol. The number of hydrogen-bond donors (Lipinski definition) is 1. The van der Waals surface area contributed by atoms with Gasteiger partial charge in [-0.1, -0.05) is 26.0 Å². The van der Waals surface area contributed by atoms with Crippen molar-refractivity contribution < 1.29 is 17.6 Å². The highest BCUT2D eigenvalue weighted by Gasteiger charge is 2.22. The lowest BCUT2D eigenvalue weighted by molar-refractivity contribution is -0.119. The number of carbonyl (C=O) groups is 1. The lowest BCUT2D eigenvalue weighted by Crippen LogP contribution is -2.37. The van der Waals surface area contributed by atoms with Crippen LogP contribution < -0.4 is 10.2 Å². The number of amides is 1. The first-order valence-electron chi connectivity index (χ1n) is 9.54. The van der Waals surface area contributed by atoms with Crippen molar-refractivity contribution in [3.05, 3.63) is 54.0 Å². The van der Waals surface area contributed by atoms with Crippen LogP contribution in [0.4, 0.5) is 10.2 Å². The maximum Gasteiger partial charge on any atom is 0.244 e. The number of nitrogens with one attached hydrogen (secondary N) is 1. The van der Waals surface area contributed by atoms with Crippen molar-refractivity contribution in [1.29, 1.82) is 0 Å². The van der Waals surface area contributed by atoms with E-state index in [-0.39, 0.29) is 23.2 Å². The summed E-state index contributed by atoms with van der Waals surface area (Å²) in [6.45, 7) is 7.12. The molecule has 0 saturated heterocycles. The van der Waals surface area contributed by atoms with E-state index in [1.54, 1.807) is 36.9 Å². The fourth-order valence-corrected chi connectivity index (χ4v) is 4.22. The molecule has 0 atom stereocenters. The number of anilines is 1. The van der Waals surface area contributed by atoms with Gasteiger partial charge in [0.1, 0.15) is 16.5 Å².